The third-order valence-electron chi connectivity index (χ3n) is 4.15. The molecule has 1 amide bonds. The van der Waals surface area contributed by atoms with E-state index in [-0.39, 0.29) is 11.9 Å². The van der Waals surface area contributed by atoms with Crippen LogP contribution in [0.2, 0.25) is 0 Å². The smallest absolute Gasteiger partial charge is 0.335 e. The van der Waals surface area contributed by atoms with Crippen molar-refractivity contribution in [2.75, 3.05) is 20.3 Å². The van der Waals surface area contributed by atoms with Crippen molar-refractivity contribution in [2.45, 2.75) is 51.0 Å². The molecule has 20 heavy (non-hydrogen) atoms. The second-order valence-electron chi connectivity index (χ2n) is 5.55. The fraction of sp³-hybridized carbons (Fsp3) is 0.733. The fourth-order valence-electron chi connectivity index (χ4n) is 3.13. The van der Waals surface area contributed by atoms with Crippen molar-refractivity contribution in [3.8, 4) is 0 Å². The van der Waals surface area contributed by atoms with Crippen LogP contribution in [0.4, 0.5) is 0 Å². The normalized spacial score (nSPS) is 21.8. The largest absolute Gasteiger partial charge is 0.451 e. The first-order valence-electron chi connectivity index (χ1n) is 7.32. The molecule has 112 valence electrons. The van der Waals surface area contributed by atoms with Gasteiger partial charge in [-0.25, -0.2) is 4.79 Å². The molecule has 1 aliphatic carbocycles. The summed E-state index contributed by atoms with van der Waals surface area (Å²) in [6, 6.07) is 0. The van der Waals surface area contributed by atoms with Crippen LogP contribution in [0.15, 0.2) is 11.1 Å². The van der Waals surface area contributed by atoms with Gasteiger partial charge in [-0.1, -0.05) is 12.8 Å². The second-order valence-corrected chi connectivity index (χ2v) is 5.55. The minimum absolute atomic E-state index is 0.188. The van der Waals surface area contributed by atoms with Gasteiger partial charge in [0.1, 0.15) is 5.60 Å². The summed E-state index contributed by atoms with van der Waals surface area (Å²) in [5.74, 6) is -0.531. The molecule has 0 radical (unpaired) electrons. The Morgan fingerprint density at radius 1 is 1.30 bits per heavy atom. The molecule has 1 N–H and O–H groups in total. The Morgan fingerprint density at radius 2 is 1.95 bits per heavy atom. The summed E-state index contributed by atoms with van der Waals surface area (Å²) in [5, 5.41) is 2.81. The Bertz CT molecular complexity index is 420. The van der Waals surface area contributed by atoms with Gasteiger partial charge in [-0.15, -0.1) is 0 Å². The van der Waals surface area contributed by atoms with Crippen molar-refractivity contribution in [3.63, 3.8) is 0 Å². The number of methoxy groups -OCH3 is 1. The van der Waals surface area contributed by atoms with Crippen LogP contribution in [0.5, 0.6) is 0 Å². The van der Waals surface area contributed by atoms with Crippen molar-refractivity contribution in [1.82, 2.24) is 5.32 Å². The molecule has 0 bridgehead atoms. The molecular weight excluding hydrogens is 258 g/mol. The van der Waals surface area contributed by atoms with E-state index in [1.807, 2.05) is 0 Å². The number of rotatable bonds is 4. The van der Waals surface area contributed by atoms with Gasteiger partial charge in [-0.3, -0.25) is 4.79 Å². The molecule has 1 spiro atoms. The summed E-state index contributed by atoms with van der Waals surface area (Å²) >= 11 is 0. The quantitative estimate of drug-likeness (QED) is 0.629. The highest BCUT2D eigenvalue weighted by Gasteiger charge is 2.48. The molecule has 0 saturated heterocycles. The first-order valence-corrected chi connectivity index (χ1v) is 7.32. The zero-order chi connectivity index (χ0) is 14.6. The number of ether oxygens (including phenoxy) is 2. The predicted molar refractivity (Wildman–Crippen MR) is 74.1 cm³/mol. The maximum atomic E-state index is 12.4. The topological polar surface area (TPSA) is 64.6 Å². The average molecular weight is 281 g/mol. The van der Waals surface area contributed by atoms with E-state index in [1.165, 1.54) is 0 Å². The van der Waals surface area contributed by atoms with Gasteiger partial charge in [0.05, 0.1) is 12.2 Å². The minimum Gasteiger partial charge on any atom is -0.451 e. The van der Waals surface area contributed by atoms with E-state index in [1.54, 1.807) is 14.0 Å². The van der Waals surface area contributed by atoms with Crippen molar-refractivity contribution in [3.05, 3.63) is 11.1 Å². The van der Waals surface area contributed by atoms with Crippen LogP contribution in [-0.4, -0.2) is 37.7 Å². The fourth-order valence-corrected chi connectivity index (χ4v) is 3.13. The Hall–Kier alpha value is -1.36. The Labute approximate surface area is 119 Å². The number of esters is 1. The van der Waals surface area contributed by atoms with Gasteiger partial charge >= 0.3 is 5.97 Å². The van der Waals surface area contributed by atoms with Crippen molar-refractivity contribution in [2.24, 2.45) is 0 Å². The molecule has 2 rings (SSSR count). The van der Waals surface area contributed by atoms with Gasteiger partial charge in [0, 0.05) is 19.2 Å². The molecule has 0 aromatic rings. The Morgan fingerprint density at radius 3 is 2.55 bits per heavy atom. The van der Waals surface area contributed by atoms with Gasteiger partial charge in [0.25, 0.3) is 5.91 Å². The molecule has 5 nitrogen and oxygen atoms in total. The molecule has 5 heteroatoms. The number of carbonyl (C=O) groups is 2. The van der Waals surface area contributed by atoms with Crippen molar-refractivity contribution in [1.29, 1.82) is 0 Å². The minimum atomic E-state index is -0.686. The lowest BCUT2D eigenvalue weighted by Gasteiger charge is -2.29. The SMILES string of the molecule is COCCNC(=O)C1=C(C)C(=O)OC12CCCCCC2. The van der Waals surface area contributed by atoms with E-state index in [0.29, 0.717) is 24.3 Å². The van der Waals surface area contributed by atoms with Crippen LogP contribution in [0.25, 0.3) is 0 Å². The zero-order valence-corrected chi connectivity index (χ0v) is 12.3. The molecule has 2 aliphatic rings. The molecule has 0 aromatic heterocycles. The molecule has 0 unspecified atom stereocenters. The zero-order valence-electron chi connectivity index (χ0n) is 12.3. The van der Waals surface area contributed by atoms with E-state index >= 15 is 0 Å². The average Bonchev–Trinajstić information content (AvgIpc) is 2.58. The Balaban J connectivity index is 2.20. The van der Waals surface area contributed by atoms with Crippen molar-refractivity contribution < 1.29 is 19.1 Å². The van der Waals surface area contributed by atoms with Crippen LogP contribution in [0, 0.1) is 0 Å². The lowest BCUT2D eigenvalue weighted by Crippen LogP contribution is -2.40. The number of carbonyl (C=O) groups excluding carboxylic acids is 2. The summed E-state index contributed by atoms with van der Waals surface area (Å²) in [7, 11) is 1.59. The first-order chi connectivity index (χ1) is 9.60. The highest BCUT2D eigenvalue weighted by Crippen LogP contribution is 2.42. The van der Waals surface area contributed by atoms with Gasteiger partial charge < -0.3 is 14.8 Å². The highest BCUT2D eigenvalue weighted by atomic mass is 16.6. The summed E-state index contributed by atoms with van der Waals surface area (Å²) in [5.41, 5.74) is 0.316. The van der Waals surface area contributed by atoms with Crippen LogP contribution >= 0.6 is 0 Å². The molecule has 0 atom stereocenters. The molecule has 1 heterocycles. The maximum absolute atomic E-state index is 12.4. The van der Waals surface area contributed by atoms with Crippen LogP contribution in [0.3, 0.4) is 0 Å². The summed E-state index contributed by atoms with van der Waals surface area (Å²) < 4.78 is 10.5. The van der Waals surface area contributed by atoms with E-state index in [4.69, 9.17) is 9.47 Å². The van der Waals surface area contributed by atoms with Gasteiger partial charge in [-0.05, 0) is 32.6 Å². The molecular formula is C15H23NO4. The maximum Gasteiger partial charge on any atom is 0.335 e. The first kappa shape index (κ1) is 15.0. The molecule has 1 aliphatic heterocycles. The predicted octanol–water partition coefficient (Wildman–Crippen LogP) is 1.72. The second kappa shape index (κ2) is 6.39. The van der Waals surface area contributed by atoms with E-state index in [0.717, 1.165) is 38.5 Å². The van der Waals surface area contributed by atoms with E-state index < -0.39 is 5.60 Å². The standard InChI is InChI=1S/C15H23NO4/c1-11-12(13(17)16-9-10-19-2)15(20-14(11)18)7-5-3-4-6-8-15/h3-10H2,1-2H3,(H,16,17). The van der Waals surface area contributed by atoms with Gasteiger partial charge in [-0.2, -0.15) is 0 Å². The molecule has 1 fully saturated rings. The summed E-state index contributed by atoms with van der Waals surface area (Å²) in [6.45, 7) is 2.59. The molecule has 1 saturated carbocycles. The third kappa shape index (κ3) is 2.87. The monoisotopic (exact) mass is 281 g/mol. The van der Waals surface area contributed by atoms with Crippen LogP contribution in [0.1, 0.15) is 45.4 Å². The number of amides is 1. The van der Waals surface area contributed by atoms with E-state index in [2.05, 4.69) is 5.32 Å². The third-order valence-corrected chi connectivity index (χ3v) is 4.15. The van der Waals surface area contributed by atoms with Gasteiger partial charge in [0.15, 0.2) is 0 Å². The summed E-state index contributed by atoms with van der Waals surface area (Å²) in [4.78, 5) is 24.3. The van der Waals surface area contributed by atoms with Crippen molar-refractivity contribution >= 4 is 11.9 Å². The van der Waals surface area contributed by atoms with E-state index in [9.17, 15) is 9.59 Å². The Kier molecular flexibility index (Phi) is 4.81. The van der Waals surface area contributed by atoms with Gasteiger partial charge in [0.2, 0.25) is 0 Å². The lowest BCUT2D eigenvalue weighted by atomic mass is 9.84. The number of hydrogen-bond acceptors (Lipinski definition) is 4. The number of hydrogen-bond donors (Lipinski definition) is 1. The lowest BCUT2D eigenvalue weighted by molar-refractivity contribution is -0.148. The highest BCUT2D eigenvalue weighted by molar-refractivity contribution is 6.07. The summed E-state index contributed by atoms with van der Waals surface area (Å²) in [6.07, 6.45) is 5.77. The number of nitrogens with one attached hydrogen (secondary N) is 1. The van der Waals surface area contributed by atoms with Crippen LogP contribution in [-0.2, 0) is 19.1 Å². The molecule has 0 aromatic carbocycles. The van der Waals surface area contributed by atoms with Crippen LogP contribution < -0.4 is 5.32 Å².